The van der Waals surface area contributed by atoms with Crippen molar-refractivity contribution in [1.29, 1.82) is 0 Å². The Morgan fingerprint density at radius 3 is 2.26 bits per heavy atom. The van der Waals surface area contributed by atoms with Crippen LogP contribution in [0.4, 0.5) is 5.82 Å². The SMILES string of the molecule is CC(=O)N(c1cccn1C)C(C)n1cnc2c1c(=O)n(C)c(=O)n2C.CC1=C2C=CC(=C1)C2=O. The van der Waals surface area contributed by atoms with Crippen molar-refractivity contribution in [2.24, 2.45) is 21.1 Å². The summed E-state index contributed by atoms with van der Waals surface area (Å²) in [5, 5.41) is 0. The predicted molar refractivity (Wildman–Crippen MR) is 128 cm³/mol. The van der Waals surface area contributed by atoms with E-state index >= 15 is 0 Å². The molecule has 0 aromatic carbocycles. The number of fused-ring (bicyclic) bond motifs is 3. The van der Waals surface area contributed by atoms with Crippen LogP contribution in [0.2, 0.25) is 0 Å². The second-order valence-corrected chi connectivity index (χ2v) is 8.39. The van der Waals surface area contributed by atoms with E-state index in [4.69, 9.17) is 0 Å². The van der Waals surface area contributed by atoms with Crippen molar-refractivity contribution in [3.63, 3.8) is 0 Å². The van der Waals surface area contributed by atoms with Gasteiger partial charge < -0.3 is 9.13 Å². The number of aryl methyl sites for hydroxylation is 2. The molecule has 0 fully saturated rings. The van der Waals surface area contributed by atoms with Gasteiger partial charge in [0.15, 0.2) is 16.9 Å². The number of carbonyl (C=O) groups is 2. The highest BCUT2D eigenvalue weighted by Gasteiger charge is 2.26. The van der Waals surface area contributed by atoms with E-state index in [0.29, 0.717) is 5.82 Å². The Morgan fingerprint density at radius 2 is 1.79 bits per heavy atom. The van der Waals surface area contributed by atoms with E-state index in [0.717, 1.165) is 21.3 Å². The van der Waals surface area contributed by atoms with Crippen LogP contribution in [0.15, 0.2) is 69.2 Å². The zero-order valence-electron chi connectivity index (χ0n) is 19.9. The van der Waals surface area contributed by atoms with Gasteiger partial charge in [0.2, 0.25) is 5.91 Å². The zero-order chi connectivity index (χ0) is 24.9. The summed E-state index contributed by atoms with van der Waals surface area (Å²) in [5.74, 6) is 0.730. The van der Waals surface area contributed by atoms with E-state index in [1.807, 2.05) is 55.1 Å². The van der Waals surface area contributed by atoms with Gasteiger partial charge in [0, 0.05) is 45.4 Å². The Morgan fingerprint density at radius 1 is 1.09 bits per heavy atom. The molecule has 10 nitrogen and oxygen atoms in total. The number of carbonyl (C=O) groups excluding carboxylic acids is 2. The monoisotopic (exact) mass is 462 g/mol. The number of hydrogen-bond acceptors (Lipinski definition) is 5. The third-order valence-electron chi connectivity index (χ3n) is 6.19. The molecule has 3 heterocycles. The van der Waals surface area contributed by atoms with Gasteiger partial charge in [-0.05, 0) is 37.6 Å². The van der Waals surface area contributed by atoms with Gasteiger partial charge in [0.1, 0.15) is 12.0 Å². The van der Waals surface area contributed by atoms with Gasteiger partial charge in [-0.25, -0.2) is 9.78 Å². The highest BCUT2D eigenvalue weighted by molar-refractivity contribution is 6.18. The number of nitrogens with zero attached hydrogens (tertiary/aromatic N) is 6. The maximum atomic E-state index is 12.6. The predicted octanol–water partition coefficient (Wildman–Crippen LogP) is 1.73. The number of amides is 1. The maximum Gasteiger partial charge on any atom is 0.332 e. The smallest absolute Gasteiger partial charge is 0.332 e. The molecule has 1 atom stereocenters. The zero-order valence-corrected chi connectivity index (χ0v) is 19.9. The van der Waals surface area contributed by atoms with Crippen molar-refractivity contribution < 1.29 is 9.59 Å². The summed E-state index contributed by atoms with van der Waals surface area (Å²) in [4.78, 5) is 53.7. The summed E-state index contributed by atoms with van der Waals surface area (Å²) in [7, 11) is 4.82. The molecular formula is C24H26N6O4. The van der Waals surface area contributed by atoms with Gasteiger partial charge in [-0.15, -0.1) is 0 Å². The van der Waals surface area contributed by atoms with Crippen molar-refractivity contribution in [3.05, 3.63) is 80.4 Å². The summed E-state index contributed by atoms with van der Waals surface area (Å²) >= 11 is 0. The molecule has 2 aliphatic rings. The van der Waals surface area contributed by atoms with E-state index in [2.05, 4.69) is 4.98 Å². The summed E-state index contributed by atoms with van der Waals surface area (Å²) in [6.45, 7) is 5.24. The van der Waals surface area contributed by atoms with Crippen LogP contribution in [0.1, 0.15) is 26.9 Å². The summed E-state index contributed by atoms with van der Waals surface area (Å²) in [5.41, 5.74) is 2.51. The van der Waals surface area contributed by atoms with Crippen molar-refractivity contribution in [2.45, 2.75) is 26.9 Å². The first kappa shape index (κ1) is 23.0. The average Bonchev–Trinajstić information content (AvgIpc) is 3.56. The van der Waals surface area contributed by atoms with Crippen molar-refractivity contribution in [3.8, 4) is 0 Å². The van der Waals surface area contributed by atoms with Crippen LogP contribution in [0, 0.1) is 0 Å². The fourth-order valence-corrected chi connectivity index (χ4v) is 4.31. The number of ketones is 1. The molecule has 1 amide bonds. The minimum absolute atomic E-state index is 0.169. The van der Waals surface area contributed by atoms with Gasteiger partial charge in [-0.2, -0.15) is 0 Å². The third kappa shape index (κ3) is 3.47. The number of imidazole rings is 1. The molecule has 3 aromatic rings. The quantitative estimate of drug-likeness (QED) is 0.590. The van der Waals surface area contributed by atoms with E-state index < -0.39 is 17.4 Å². The van der Waals surface area contributed by atoms with Crippen molar-refractivity contribution in [1.82, 2.24) is 23.3 Å². The number of allylic oxidation sites excluding steroid dienone is 6. The van der Waals surface area contributed by atoms with Crippen LogP contribution in [0.3, 0.4) is 0 Å². The van der Waals surface area contributed by atoms with E-state index in [-0.39, 0.29) is 22.9 Å². The van der Waals surface area contributed by atoms with Crippen LogP contribution in [-0.2, 0) is 30.7 Å². The van der Waals surface area contributed by atoms with Crippen LogP contribution < -0.4 is 16.1 Å². The molecule has 0 N–H and O–H groups in total. The highest BCUT2D eigenvalue weighted by Crippen LogP contribution is 2.29. The molecule has 3 aromatic heterocycles. The molecule has 5 rings (SSSR count). The molecular weight excluding hydrogens is 436 g/mol. The molecule has 0 aliphatic heterocycles. The highest BCUT2D eigenvalue weighted by atomic mass is 16.2. The molecule has 0 saturated carbocycles. The molecule has 2 aliphatic carbocycles. The first-order chi connectivity index (χ1) is 16.0. The minimum atomic E-state index is -0.499. The molecule has 0 spiro atoms. The third-order valence-corrected chi connectivity index (χ3v) is 6.19. The molecule has 0 saturated heterocycles. The molecule has 34 heavy (non-hydrogen) atoms. The van der Waals surface area contributed by atoms with Gasteiger partial charge in [-0.3, -0.25) is 28.4 Å². The van der Waals surface area contributed by atoms with Crippen LogP contribution in [0.5, 0.6) is 0 Å². The number of aromatic nitrogens is 5. The maximum absolute atomic E-state index is 12.6. The van der Waals surface area contributed by atoms with Crippen LogP contribution >= 0.6 is 0 Å². The fraction of sp³-hybridized carbons (Fsp3) is 0.292. The lowest BCUT2D eigenvalue weighted by Gasteiger charge is -2.29. The lowest BCUT2D eigenvalue weighted by Crippen LogP contribution is -2.40. The molecule has 2 bridgehead atoms. The van der Waals surface area contributed by atoms with Crippen molar-refractivity contribution in [2.75, 3.05) is 4.90 Å². The standard InChI is InChI=1S/C16H20N6O3.C8H6O/c1-10(22(11(2)23)12-7-6-8-18(12)3)21-9-17-14-13(21)15(24)20(5)16(25)19(14)4;1-5-4-6-2-3-7(5)8(6)9/h6-10H,1-5H3;2-4H,1H3. The first-order valence-corrected chi connectivity index (χ1v) is 10.7. The van der Waals surface area contributed by atoms with Gasteiger partial charge >= 0.3 is 5.69 Å². The molecule has 10 heteroatoms. The summed E-state index contributed by atoms with van der Waals surface area (Å²) < 4.78 is 5.80. The normalized spacial score (nSPS) is 15.0. The number of hydrogen-bond donors (Lipinski definition) is 0. The average molecular weight is 463 g/mol. The van der Waals surface area contributed by atoms with Crippen LogP contribution in [-0.4, -0.2) is 34.9 Å². The second-order valence-electron chi connectivity index (χ2n) is 8.39. The Hall–Kier alpha value is -4.21. The number of rotatable bonds is 3. The number of Topliss-reactive ketones (excluding diaryl/α,β-unsaturated/α-hetero) is 1. The first-order valence-electron chi connectivity index (χ1n) is 10.7. The van der Waals surface area contributed by atoms with Crippen molar-refractivity contribution >= 4 is 28.7 Å². The Kier molecular flexibility index (Phi) is 5.60. The van der Waals surface area contributed by atoms with E-state index in [1.165, 1.54) is 24.9 Å². The lowest BCUT2D eigenvalue weighted by atomic mass is 10.2. The second kappa shape index (κ2) is 8.29. The van der Waals surface area contributed by atoms with Crippen LogP contribution in [0.25, 0.3) is 11.2 Å². The molecule has 1 unspecified atom stereocenters. The summed E-state index contributed by atoms with van der Waals surface area (Å²) in [6, 6.07) is 3.66. The Bertz CT molecular complexity index is 1560. The van der Waals surface area contributed by atoms with Gasteiger partial charge in [0.25, 0.3) is 5.56 Å². The Balaban J connectivity index is 0.000000252. The summed E-state index contributed by atoms with van der Waals surface area (Å²) in [6.07, 6.45) is 8.50. The van der Waals surface area contributed by atoms with E-state index in [9.17, 15) is 19.2 Å². The largest absolute Gasteiger partial charge is 0.337 e. The van der Waals surface area contributed by atoms with E-state index in [1.54, 1.807) is 23.4 Å². The molecule has 176 valence electrons. The molecule has 0 radical (unpaired) electrons. The minimum Gasteiger partial charge on any atom is -0.337 e. The van der Waals surface area contributed by atoms with Gasteiger partial charge in [-0.1, -0.05) is 12.2 Å². The lowest BCUT2D eigenvalue weighted by molar-refractivity contribution is -0.117. The van der Waals surface area contributed by atoms with Gasteiger partial charge in [0.05, 0.1) is 6.33 Å². The fourth-order valence-electron chi connectivity index (χ4n) is 4.31. The Labute approximate surface area is 195 Å². The topological polar surface area (TPSA) is 104 Å². The number of anilines is 1.